The molecule has 17 heavy (non-hydrogen) atoms. The first-order valence-corrected chi connectivity index (χ1v) is 5.83. The summed E-state index contributed by atoms with van der Waals surface area (Å²) in [4.78, 5) is 0. The summed E-state index contributed by atoms with van der Waals surface area (Å²) in [7, 11) is 0. The number of aromatic nitrogens is 2. The van der Waals surface area contributed by atoms with Crippen LogP contribution >= 0.6 is 0 Å². The Morgan fingerprint density at radius 2 is 2.12 bits per heavy atom. The molecule has 0 amide bonds. The molecule has 1 heterocycles. The van der Waals surface area contributed by atoms with Crippen molar-refractivity contribution in [3.05, 3.63) is 42.7 Å². The average molecular weight is 227 g/mol. The molecule has 1 aromatic carbocycles. The third-order valence-electron chi connectivity index (χ3n) is 2.47. The Hall–Kier alpha value is -1.90. The van der Waals surface area contributed by atoms with Crippen LogP contribution in [0.1, 0.15) is 19.8 Å². The number of para-hydroxylation sites is 1. The number of ether oxygens (including phenoxy) is 1. The highest BCUT2D eigenvalue weighted by Crippen LogP contribution is 2.28. The predicted molar refractivity (Wildman–Crippen MR) is 66.7 cm³/mol. The lowest BCUT2D eigenvalue weighted by atomic mass is 10.1. The highest BCUT2D eigenvalue weighted by Gasteiger charge is 2.05. The van der Waals surface area contributed by atoms with Gasteiger partial charge in [0.25, 0.3) is 0 Å². The third kappa shape index (κ3) is 3.03. The Balaban J connectivity index is 2.22. The summed E-state index contributed by atoms with van der Waals surface area (Å²) < 4.78 is 5.76. The second kappa shape index (κ2) is 5.99. The van der Waals surface area contributed by atoms with E-state index in [-0.39, 0.29) is 0 Å². The van der Waals surface area contributed by atoms with Crippen molar-refractivity contribution in [1.82, 2.24) is 10.2 Å². The van der Waals surface area contributed by atoms with Gasteiger partial charge in [0.15, 0.2) is 0 Å². The molecule has 0 aliphatic heterocycles. The normalized spacial score (nSPS) is 10.2. The molecule has 0 unspecified atom stereocenters. The van der Waals surface area contributed by atoms with Crippen molar-refractivity contribution >= 4 is 0 Å². The van der Waals surface area contributed by atoms with E-state index in [4.69, 9.17) is 4.74 Å². The molecule has 0 saturated carbocycles. The van der Waals surface area contributed by atoms with E-state index >= 15 is 0 Å². The van der Waals surface area contributed by atoms with Crippen LogP contribution in [0.5, 0.6) is 5.75 Å². The van der Waals surface area contributed by atoms with Gasteiger partial charge in [-0.1, -0.05) is 31.5 Å². The van der Waals surface area contributed by atoms with E-state index in [1.165, 1.54) is 0 Å². The van der Waals surface area contributed by atoms with Gasteiger partial charge in [0.05, 0.1) is 12.8 Å². The van der Waals surface area contributed by atoms with E-state index in [1.807, 2.05) is 30.3 Å². The van der Waals surface area contributed by atoms with Gasteiger partial charge in [0.1, 0.15) is 11.9 Å². The number of unbranched alkanes of at least 4 members (excludes halogenated alkanes) is 1. The highest BCUT2D eigenvalue weighted by molar-refractivity contribution is 5.68. The first kappa shape index (κ1) is 11.6. The molecule has 3 nitrogen and oxygen atoms in total. The minimum absolute atomic E-state index is 0.742. The first-order chi connectivity index (χ1) is 8.42. The van der Waals surface area contributed by atoms with Gasteiger partial charge in [0, 0.05) is 11.1 Å². The Labute approximate surface area is 101 Å². The van der Waals surface area contributed by atoms with Crippen molar-refractivity contribution in [2.45, 2.75) is 19.8 Å². The highest BCUT2D eigenvalue weighted by atomic mass is 16.5. The van der Waals surface area contributed by atoms with Gasteiger partial charge in [-0.2, -0.15) is 5.10 Å². The fourth-order valence-electron chi connectivity index (χ4n) is 1.55. The fourth-order valence-corrected chi connectivity index (χ4v) is 1.55. The van der Waals surface area contributed by atoms with Crippen LogP contribution in [0.25, 0.3) is 11.1 Å². The van der Waals surface area contributed by atoms with E-state index in [0.29, 0.717) is 0 Å². The lowest BCUT2D eigenvalue weighted by Crippen LogP contribution is -1.98. The summed E-state index contributed by atoms with van der Waals surface area (Å²) >= 11 is 0. The van der Waals surface area contributed by atoms with E-state index in [1.54, 1.807) is 6.20 Å². The van der Waals surface area contributed by atoms with Crippen molar-refractivity contribution < 1.29 is 4.74 Å². The Kier molecular flexibility index (Phi) is 4.08. The molecule has 1 radical (unpaired) electrons. The van der Waals surface area contributed by atoms with Crippen LogP contribution < -0.4 is 4.74 Å². The summed E-state index contributed by atoms with van der Waals surface area (Å²) in [6.45, 7) is 2.89. The second-order valence-electron chi connectivity index (χ2n) is 3.75. The molecule has 0 N–H and O–H groups in total. The monoisotopic (exact) mass is 227 g/mol. The molecule has 2 aromatic rings. The number of nitrogens with zero attached hydrogens (tertiary/aromatic N) is 2. The van der Waals surface area contributed by atoms with Crippen LogP contribution in [0, 0.1) is 6.20 Å². The summed E-state index contributed by atoms with van der Waals surface area (Å²) in [5.74, 6) is 0.880. The Bertz CT molecular complexity index is 457. The van der Waals surface area contributed by atoms with Crippen LogP contribution in [0.2, 0.25) is 0 Å². The SMILES string of the molecule is CCCCOc1ccccc1-c1[c]nncc1. The Morgan fingerprint density at radius 1 is 1.24 bits per heavy atom. The molecule has 87 valence electrons. The van der Waals surface area contributed by atoms with Crippen LogP contribution in [0.15, 0.2) is 36.5 Å². The molecule has 0 atom stereocenters. The molecule has 2 rings (SSSR count). The number of rotatable bonds is 5. The smallest absolute Gasteiger partial charge is 0.127 e. The molecule has 0 spiro atoms. The largest absolute Gasteiger partial charge is 0.493 e. The molecule has 3 heteroatoms. The molecule has 0 bridgehead atoms. The molecule has 0 aliphatic rings. The zero-order valence-electron chi connectivity index (χ0n) is 9.89. The van der Waals surface area contributed by atoms with Crippen molar-refractivity contribution in [2.24, 2.45) is 0 Å². The summed E-state index contributed by atoms with van der Waals surface area (Å²) in [5.41, 5.74) is 1.92. The van der Waals surface area contributed by atoms with E-state index in [9.17, 15) is 0 Å². The summed E-state index contributed by atoms with van der Waals surface area (Å²) in [6.07, 6.45) is 6.73. The number of hydrogen-bond donors (Lipinski definition) is 0. The maximum atomic E-state index is 5.76. The lowest BCUT2D eigenvalue weighted by Gasteiger charge is -2.10. The van der Waals surface area contributed by atoms with Crippen molar-refractivity contribution in [2.75, 3.05) is 6.61 Å². The zero-order chi connectivity index (χ0) is 11.9. The molecular weight excluding hydrogens is 212 g/mol. The molecular formula is C14H15N2O. The molecule has 0 fully saturated rings. The Morgan fingerprint density at radius 3 is 2.88 bits per heavy atom. The molecule has 1 aromatic heterocycles. The first-order valence-electron chi connectivity index (χ1n) is 5.83. The standard InChI is InChI=1S/C14H15N2O/c1-2-3-10-17-14-7-5-4-6-13(14)12-8-9-15-16-11-12/h4-9H,2-3,10H2,1H3. The van der Waals surface area contributed by atoms with E-state index in [2.05, 4.69) is 23.3 Å². The van der Waals surface area contributed by atoms with Crippen molar-refractivity contribution in [3.63, 3.8) is 0 Å². The van der Waals surface area contributed by atoms with Gasteiger partial charge in [-0.3, -0.25) is 0 Å². The molecule has 0 saturated heterocycles. The second-order valence-corrected chi connectivity index (χ2v) is 3.75. The summed E-state index contributed by atoms with van der Waals surface area (Å²) in [5, 5.41) is 7.50. The average Bonchev–Trinajstić information content (AvgIpc) is 2.41. The predicted octanol–water partition coefficient (Wildman–Crippen LogP) is 3.12. The van der Waals surface area contributed by atoms with Crippen molar-refractivity contribution in [3.8, 4) is 16.9 Å². The van der Waals surface area contributed by atoms with E-state index < -0.39 is 0 Å². The van der Waals surface area contributed by atoms with E-state index in [0.717, 1.165) is 36.3 Å². The van der Waals surface area contributed by atoms with Gasteiger partial charge < -0.3 is 4.74 Å². The topological polar surface area (TPSA) is 35.0 Å². The quantitative estimate of drug-likeness (QED) is 0.736. The zero-order valence-corrected chi connectivity index (χ0v) is 9.89. The minimum Gasteiger partial charge on any atom is -0.493 e. The third-order valence-corrected chi connectivity index (χ3v) is 2.47. The van der Waals surface area contributed by atoms with Gasteiger partial charge in [-0.15, -0.1) is 5.10 Å². The molecule has 0 aliphatic carbocycles. The fraction of sp³-hybridized carbons (Fsp3) is 0.286. The maximum Gasteiger partial charge on any atom is 0.127 e. The van der Waals surface area contributed by atoms with Gasteiger partial charge >= 0.3 is 0 Å². The summed E-state index contributed by atoms with van der Waals surface area (Å²) in [6, 6.07) is 9.82. The van der Waals surface area contributed by atoms with Crippen LogP contribution in [0.3, 0.4) is 0 Å². The van der Waals surface area contributed by atoms with Crippen molar-refractivity contribution in [1.29, 1.82) is 0 Å². The lowest BCUT2D eigenvalue weighted by molar-refractivity contribution is 0.310. The van der Waals surface area contributed by atoms with Gasteiger partial charge in [-0.25, -0.2) is 0 Å². The maximum absolute atomic E-state index is 5.76. The van der Waals surface area contributed by atoms with Crippen LogP contribution in [-0.2, 0) is 0 Å². The van der Waals surface area contributed by atoms with Gasteiger partial charge in [0.2, 0.25) is 0 Å². The van der Waals surface area contributed by atoms with Crippen LogP contribution in [-0.4, -0.2) is 16.8 Å². The van der Waals surface area contributed by atoms with Crippen LogP contribution in [0.4, 0.5) is 0 Å². The minimum atomic E-state index is 0.742. The number of hydrogen-bond acceptors (Lipinski definition) is 3. The van der Waals surface area contributed by atoms with Gasteiger partial charge in [-0.05, 0) is 18.6 Å². The number of benzene rings is 1.